The third-order valence-electron chi connectivity index (χ3n) is 6.04. The number of anilines is 2. The molecule has 2 aliphatic rings. The van der Waals surface area contributed by atoms with Crippen molar-refractivity contribution in [3.63, 3.8) is 0 Å². The molecule has 0 aromatic heterocycles. The van der Waals surface area contributed by atoms with Gasteiger partial charge in [-0.2, -0.15) is 13.2 Å². The quantitative estimate of drug-likeness (QED) is 0.363. The van der Waals surface area contributed by atoms with E-state index in [1.165, 1.54) is 0 Å². The number of alkyl halides is 3. The number of carbonyl (C=O) groups excluding carboxylic acids is 2. The van der Waals surface area contributed by atoms with Crippen molar-refractivity contribution in [2.45, 2.75) is 23.2 Å². The van der Waals surface area contributed by atoms with Crippen LogP contribution in [-0.2, 0) is 20.6 Å². The number of benzene rings is 3. The minimum Gasteiger partial charge on any atom is -0.273 e. The summed E-state index contributed by atoms with van der Waals surface area (Å²) >= 11 is 1.58. The van der Waals surface area contributed by atoms with Crippen LogP contribution in [0.5, 0.6) is 0 Å². The third-order valence-corrected chi connectivity index (χ3v) is 6.78. The molecule has 0 spiro atoms. The molecule has 0 saturated carbocycles. The molecule has 3 aromatic carbocycles. The molecule has 0 N–H and O–H groups in total. The van der Waals surface area contributed by atoms with Crippen molar-refractivity contribution in [2.75, 3.05) is 16.2 Å². The maximum Gasteiger partial charge on any atom is 0.416 e. The molecule has 2 fully saturated rings. The van der Waals surface area contributed by atoms with Gasteiger partial charge in [0.2, 0.25) is 5.91 Å². The van der Waals surface area contributed by atoms with E-state index in [1.807, 2.05) is 60.9 Å². The van der Waals surface area contributed by atoms with Crippen LogP contribution in [0.2, 0.25) is 0 Å². The lowest BCUT2D eigenvalue weighted by Gasteiger charge is -2.29. The fourth-order valence-electron chi connectivity index (χ4n) is 4.41. The molecule has 0 radical (unpaired) electrons. The van der Waals surface area contributed by atoms with E-state index >= 15 is 0 Å². The number of hydroxylamine groups is 1. The van der Waals surface area contributed by atoms with E-state index in [2.05, 4.69) is 0 Å². The molecule has 34 heavy (non-hydrogen) atoms. The van der Waals surface area contributed by atoms with Crippen molar-refractivity contribution in [3.8, 4) is 0 Å². The Labute approximate surface area is 198 Å². The van der Waals surface area contributed by atoms with E-state index in [0.717, 1.165) is 39.6 Å². The Balaban J connectivity index is 1.53. The SMILES string of the molecule is CSc1ccc([C@H]2[C@@H]3C(=O)N(c4ccc(C(F)(F)F)cc4)C(=O)[C@@H]3ON2c2ccccc2)cc1. The fraction of sp³-hybridized carbons (Fsp3) is 0.200. The van der Waals surface area contributed by atoms with Crippen LogP contribution >= 0.6 is 11.8 Å². The van der Waals surface area contributed by atoms with Gasteiger partial charge in [-0.15, -0.1) is 11.8 Å². The normalized spacial score (nSPS) is 22.4. The molecular weight excluding hydrogens is 465 g/mol. The number of imide groups is 1. The summed E-state index contributed by atoms with van der Waals surface area (Å²) in [5, 5.41) is 1.59. The molecule has 3 atom stereocenters. The summed E-state index contributed by atoms with van der Waals surface area (Å²) in [6.45, 7) is 0. The maximum absolute atomic E-state index is 13.5. The molecule has 5 rings (SSSR count). The van der Waals surface area contributed by atoms with Gasteiger partial charge in [-0.05, 0) is 60.4 Å². The Hall–Kier alpha value is -3.30. The van der Waals surface area contributed by atoms with Crippen molar-refractivity contribution in [3.05, 3.63) is 90.0 Å². The molecule has 2 heterocycles. The van der Waals surface area contributed by atoms with Crippen molar-refractivity contribution < 1.29 is 27.6 Å². The Bertz CT molecular complexity index is 1220. The first-order valence-electron chi connectivity index (χ1n) is 10.5. The van der Waals surface area contributed by atoms with Gasteiger partial charge < -0.3 is 0 Å². The molecule has 3 aromatic rings. The third kappa shape index (κ3) is 3.74. The minimum atomic E-state index is -4.51. The van der Waals surface area contributed by atoms with Crippen LogP contribution in [0.15, 0.2) is 83.8 Å². The van der Waals surface area contributed by atoms with Crippen LogP contribution in [0, 0.1) is 5.92 Å². The lowest BCUT2D eigenvalue weighted by molar-refractivity contribution is -0.137. The number of thioether (sulfide) groups is 1. The molecule has 0 bridgehead atoms. The highest BCUT2D eigenvalue weighted by atomic mass is 32.2. The van der Waals surface area contributed by atoms with E-state index in [0.29, 0.717) is 5.69 Å². The van der Waals surface area contributed by atoms with Crippen LogP contribution in [0.4, 0.5) is 24.5 Å². The Morgan fingerprint density at radius 3 is 2.06 bits per heavy atom. The topological polar surface area (TPSA) is 49.9 Å². The monoisotopic (exact) mass is 484 g/mol. The van der Waals surface area contributed by atoms with E-state index in [9.17, 15) is 22.8 Å². The number of amides is 2. The highest BCUT2D eigenvalue weighted by Gasteiger charge is 2.60. The number of fused-ring (bicyclic) bond motifs is 1. The molecule has 174 valence electrons. The van der Waals surface area contributed by atoms with Gasteiger partial charge in [-0.3, -0.25) is 14.4 Å². The molecule has 0 unspecified atom stereocenters. The molecule has 5 nitrogen and oxygen atoms in total. The fourth-order valence-corrected chi connectivity index (χ4v) is 4.82. The van der Waals surface area contributed by atoms with Gasteiger partial charge >= 0.3 is 6.18 Å². The standard InChI is InChI=1S/C25H19F3N2O3S/c1-34-19-13-7-15(8-14-19)21-20-22(33-30(21)18-5-3-2-4-6-18)24(32)29(23(20)31)17-11-9-16(10-12-17)25(26,27)28/h2-14,20-22H,1H3/t20-,21-,22+/m0/s1. The molecule has 2 amide bonds. The smallest absolute Gasteiger partial charge is 0.273 e. The van der Waals surface area contributed by atoms with Crippen molar-refractivity contribution >= 4 is 35.0 Å². The largest absolute Gasteiger partial charge is 0.416 e. The molecule has 0 aliphatic carbocycles. The number of nitrogens with zero attached hydrogens (tertiary/aromatic N) is 2. The van der Waals surface area contributed by atoms with Gasteiger partial charge in [0.15, 0.2) is 6.10 Å². The summed E-state index contributed by atoms with van der Waals surface area (Å²) in [6, 6.07) is 20.2. The van der Waals surface area contributed by atoms with Gasteiger partial charge in [0, 0.05) is 4.90 Å². The number of halogens is 3. The minimum absolute atomic E-state index is 0.0868. The van der Waals surface area contributed by atoms with Crippen LogP contribution < -0.4 is 9.96 Å². The molecular formula is C25H19F3N2O3S. The second kappa shape index (κ2) is 8.48. The first-order chi connectivity index (χ1) is 16.3. The summed E-state index contributed by atoms with van der Waals surface area (Å²) in [7, 11) is 0. The number of para-hydroxylation sites is 1. The van der Waals surface area contributed by atoms with Gasteiger partial charge in [-0.1, -0.05) is 30.3 Å². The van der Waals surface area contributed by atoms with E-state index in [1.54, 1.807) is 16.8 Å². The summed E-state index contributed by atoms with van der Waals surface area (Å²) in [4.78, 5) is 34.8. The first-order valence-corrected chi connectivity index (χ1v) is 11.7. The average Bonchev–Trinajstić information content (AvgIpc) is 3.35. The number of hydrogen-bond donors (Lipinski definition) is 0. The lowest BCUT2D eigenvalue weighted by atomic mass is 9.90. The highest BCUT2D eigenvalue weighted by molar-refractivity contribution is 7.98. The van der Waals surface area contributed by atoms with Crippen LogP contribution in [0.1, 0.15) is 17.2 Å². The Morgan fingerprint density at radius 2 is 1.47 bits per heavy atom. The second-order valence-electron chi connectivity index (χ2n) is 7.99. The lowest BCUT2D eigenvalue weighted by Crippen LogP contribution is -2.37. The summed E-state index contributed by atoms with van der Waals surface area (Å²) in [6.07, 6.45) is -3.64. The number of rotatable bonds is 4. The second-order valence-corrected chi connectivity index (χ2v) is 8.87. The number of carbonyl (C=O) groups is 2. The van der Waals surface area contributed by atoms with Gasteiger partial charge in [0.25, 0.3) is 5.91 Å². The van der Waals surface area contributed by atoms with Crippen molar-refractivity contribution in [1.29, 1.82) is 0 Å². The Kier molecular flexibility index (Phi) is 5.61. The zero-order chi connectivity index (χ0) is 24.0. The zero-order valence-electron chi connectivity index (χ0n) is 17.9. The number of hydrogen-bond acceptors (Lipinski definition) is 5. The van der Waals surface area contributed by atoms with E-state index in [-0.39, 0.29) is 5.69 Å². The maximum atomic E-state index is 13.5. The average molecular weight is 484 g/mol. The van der Waals surface area contributed by atoms with Crippen molar-refractivity contribution in [1.82, 2.24) is 0 Å². The summed E-state index contributed by atoms with van der Waals surface area (Å²) in [5.41, 5.74) is 0.722. The predicted octanol–water partition coefficient (Wildman–Crippen LogP) is 5.48. The van der Waals surface area contributed by atoms with Gasteiger partial charge in [0.1, 0.15) is 5.92 Å². The Morgan fingerprint density at radius 1 is 0.824 bits per heavy atom. The molecule has 2 aliphatic heterocycles. The van der Waals surface area contributed by atoms with Crippen LogP contribution in [0.3, 0.4) is 0 Å². The molecule has 2 saturated heterocycles. The summed E-state index contributed by atoms with van der Waals surface area (Å²) < 4.78 is 38.9. The highest BCUT2D eigenvalue weighted by Crippen LogP contribution is 2.47. The van der Waals surface area contributed by atoms with Crippen LogP contribution in [-0.4, -0.2) is 24.2 Å². The first kappa shape index (κ1) is 22.5. The van der Waals surface area contributed by atoms with E-state index in [4.69, 9.17) is 4.84 Å². The van der Waals surface area contributed by atoms with Crippen molar-refractivity contribution in [2.24, 2.45) is 5.92 Å². The predicted molar refractivity (Wildman–Crippen MR) is 122 cm³/mol. The molecule has 9 heteroatoms. The van der Waals surface area contributed by atoms with Gasteiger partial charge in [-0.25, -0.2) is 9.96 Å². The van der Waals surface area contributed by atoms with Gasteiger partial charge in [0.05, 0.1) is 23.0 Å². The zero-order valence-corrected chi connectivity index (χ0v) is 18.7. The summed E-state index contributed by atoms with van der Waals surface area (Å²) in [5.74, 6) is -1.96. The van der Waals surface area contributed by atoms with E-state index < -0.39 is 41.6 Å². The van der Waals surface area contributed by atoms with Crippen LogP contribution in [0.25, 0.3) is 0 Å².